The molecule has 1 unspecified atom stereocenters. The quantitative estimate of drug-likeness (QED) is 0.109. The van der Waals surface area contributed by atoms with E-state index in [2.05, 4.69) is 27.7 Å². The maximum absolute atomic E-state index is 2.47. The Morgan fingerprint density at radius 3 is 0.906 bits per heavy atom. The highest BCUT2D eigenvalue weighted by Gasteiger charge is 2.03. The van der Waals surface area contributed by atoms with Crippen LogP contribution in [-0.2, 0) is 0 Å². The van der Waals surface area contributed by atoms with Gasteiger partial charge in [0, 0.05) is 0 Å². The molecule has 0 aliphatic carbocycles. The summed E-state index contributed by atoms with van der Waals surface area (Å²) in [6, 6.07) is 0. The Bertz CT molecular complexity index is 318. The molecule has 0 aromatic carbocycles. The van der Waals surface area contributed by atoms with Gasteiger partial charge >= 0.3 is 0 Å². The molecule has 0 N–H and O–H groups in total. The van der Waals surface area contributed by atoms with Crippen molar-refractivity contribution in [1.82, 2.24) is 0 Å². The summed E-state index contributed by atoms with van der Waals surface area (Å²) >= 11 is 0. The normalized spacial score (nSPS) is 12.7. The zero-order valence-corrected chi connectivity index (χ0v) is 23.5. The second-order valence-corrected chi connectivity index (χ2v) is 11.6. The molecular weight excluding hydrogens is 384 g/mol. The van der Waals surface area contributed by atoms with E-state index < -0.39 is 0 Å². The second-order valence-electron chi connectivity index (χ2n) is 11.6. The van der Waals surface area contributed by atoms with Crippen LogP contribution in [0, 0.1) is 11.8 Å². The van der Waals surface area contributed by atoms with Crippen molar-refractivity contribution in [2.45, 2.75) is 195 Å². The highest BCUT2D eigenvalue weighted by atomic mass is 14.1. The van der Waals surface area contributed by atoms with Crippen LogP contribution in [0.3, 0.4) is 0 Å². The molecule has 0 aromatic rings. The van der Waals surface area contributed by atoms with Crippen molar-refractivity contribution >= 4 is 0 Å². The predicted molar refractivity (Wildman–Crippen MR) is 150 cm³/mol. The molecular formula is C32H66. The van der Waals surface area contributed by atoms with E-state index >= 15 is 0 Å². The molecule has 1 atom stereocenters. The molecule has 0 bridgehead atoms. The summed E-state index contributed by atoms with van der Waals surface area (Å²) in [5.41, 5.74) is 0. The van der Waals surface area contributed by atoms with Gasteiger partial charge in [0.1, 0.15) is 0 Å². The Balaban J connectivity index is 3.08. The van der Waals surface area contributed by atoms with E-state index in [0.717, 1.165) is 11.8 Å². The monoisotopic (exact) mass is 451 g/mol. The van der Waals surface area contributed by atoms with Crippen LogP contribution in [-0.4, -0.2) is 0 Å². The molecule has 0 heteroatoms. The standard InChI is InChI=1S/C32H66/c1-5-6-7-8-9-10-11-12-13-14-15-16-17-18-19-20-21-22-23-24-25-26-29-32(4)30-27-28-31(2)3/h31-32H,5-30H2,1-4H3. The first-order valence-corrected chi connectivity index (χ1v) is 15.7. The van der Waals surface area contributed by atoms with Gasteiger partial charge in [-0.3, -0.25) is 0 Å². The van der Waals surface area contributed by atoms with E-state index in [1.54, 1.807) is 0 Å². The molecule has 0 heterocycles. The van der Waals surface area contributed by atoms with Crippen molar-refractivity contribution in [2.24, 2.45) is 11.8 Å². The Morgan fingerprint density at radius 2 is 0.594 bits per heavy atom. The lowest BCUT2D eigenvalue weighted by molar-refractivity contribution is 0.417. The summed E-state index contributed by atoms with van der Waals surface area (Å²) in [6.45, 7) is 9.48. The Morgan fingerprint density at radius 1 is 0.312 bits per heavy atom. The van der Waals surface area contributed by atoms with Gasteiger partial charge in [-0.05, 0) is 11.8 Å². The molecule has 0 fully saturated rings. The summed E-state index contributed by atoms with van der Waals surface area (Å²) in [5.74, 6) is 1.84. The van der Waals surface area contributed by atoms with Crippen LogP contribution in [0.5, 0.6) is 0 Å². The van der Waals surface area contributed by atoms with Gasteiger partial charge in [-0.1, -0.05) is 195 Å². The van der Waals surface area contributed by atoms with E-state index in [0.29, 0.717) is 0 Å². The van der Waals surface area contributed by atoms with Crippen LogP contribution in [0.4, 0.5) is 0 Å². The van der Waals surface area contributed by atoms with Crippen molar-refractivity contribution in [1.29, 1.82) is 0 Å². The molecule has 0 aliphatic rings. The lowest BCUT2D eigenvalue weighted by Crippen LogP contribution is -1.96. The minimum absolute atomic E-state index is 0.886. The maximum Gasteiger partial charge on any atom is -0.0443 e. The van der Waals surface area contributed by atoms with E-state index in [9.17, 15) is 0 Å². The van der Waals surface area contributed by atoms with Gasteiger partial charge in [0.05, 0.1) is 0 Å². The molecule has 0 spiro atoms. The summed E-state index contributed by atoms with van der Waals surface area (Å²) in [6.07, 6.45) is 38.3. The zero-order valence-electron chi connectivity index (χ0n) is 23.5. The summed E-state index contributed by atoms with van der Waals surface area (Å²) in [5, 5.41) is 0. The zero-order chi connectivity index (χ0) is 23.5. The first kappa shape index (κ1) is 32.0. The molecule has 0 saturated heterocycles. The van der Waals surface area contributed by atoms with E-state index in [1.807, 2.05) is 0 Å². The first-order valence-electron chi connectivity index (χ1n) is 15.7. The highest BCUT2D eigenvalue weighted by molar-refractivity contribution is 4.57. The van der Waals surface area contributed by atoms with E-state index in [4.69, 9.17) is 0 Å². The number of rotatable bonds is 27. The van der Waals surface area contributed by atoms with Crippen molar-refractivity contribution < 1.29 is 0 Å². The summed E-state index contributed by atoms with van der Waals surface area (Å²) < 4.78 is 0. The largest absolute Gasteiger partial charge is 0.0654 e. The lowest BCUT2D eigenvalue weighted by atomic mass is 9.95. The smallest absolute Gasteiger partial charge is 0.0443 e. The average Bonchev–Trinajstić information content (AvgIpc) is 2.77. The van der Waals surface area contributed by atoms with Crippen LogP contribution in [0.1, 0.15) is 195 Å². The van der Waals surface area contributed by atoms with Crippen molar-refractivity contribution in [2.75, 3.05) is 0 Å². The predicted octanol–water partition coefficient (Wildman–Crippen LogP) is 12.4. The third kappa shape index (κ3) is 28.0. The van der Waals surface area contributed by atoms with Gasteiger partial charge in [-0.25, -0.2) is 0 Å². The lowest BCUT2D eigenvalue weighted by Gasteiger charge is -2.12. The molecule has 0 radical (unpaired) electrons. The Labute approximate surface area is 206 Å². The van der Waals surface area contributed by atoms with Gasteiger partial charge in [0.15, 0.2) is 0 Å². The van der Waals surface area contributed by atoms with Gasteiger partial charge in [0.2, 0.25) is 0 Å². The molecule has 0 aromatic heterocycles. The van der Waals surface area contributed by atoms with Crippen LogP contribution in [0.25, 0.3) is 0 Å². The highest BCUT2D eigenvalue weighted by Crippen LogP contribution is 2.19. The van der Waals surface area contributed by atoms with E-state index in [-0.39, 0.29) is 0 Å². The van der Waals surface area contributed by atoms with Crippen LogP contribution in [0.2, 0.25) is 0 Å². The van der Waals surface area contributed by atoms with Crippen molar-refractivity contribution in [3.8, 4) is 0 Å². The Kier molecular flexibility index (Phi) is 27.2. The molecule has 0 nitrogen and oxygen atoms in total. The molecule has 0 saturated carbocycles. The summed E-state index contributed by atoms with van der Waals surface area (Å²) in [4.78, 5) is 0. The van der Waals surface area contributed by atoms with Crippen LogP contribution in [0.15, 0.2) is 0 Å². The SMILES string of the molecule is CCCCCCCCCCCCCCCCCCCCCCCCC(C)CCCC(C)C. The molecule has 0 rings (SSSR count). The fourth-order valence-electron chi connectivity index (χ4n) is 5.12. The van der Waals surface area contributed by atoms with Gasteiger partial charge in [-0.15, -0.1) is 0 Å². The van der Waals surface area contributed by atoms with Crippen LogP contribution >= 0.6 is 0 Å². The van der Waals surface area contributed by atoms with Crippen LogP contribution < -0.4 is 0 Å². The van der Waals surface area contributed by atoms with Gasteiger partial charge in [0.25, 0.3) is 0 Å². The topological polar surface area (TPSA) is 0 Å². The van der Waals surface area contributed by atoms with Crippen molar-refractivity contribution in [3.05, 3.63) is 0 Å². The molecule has 32 heavy (non-hydrogen) atoms. The minimum Gasteiger partial charge on any atom is -0.0654 e. The maximum atomic E-state index is 2.47. The van der Waals surface area contributed by atoms with Crippen molar-refractivity contribution in [3.63, 3.8) is 0 Å². The molecule has 0 amide bonds. The number of hydrogen-bond acceptors (Lipinski definition) is 0. The molecule has 0 aliphatic heterocycles. The van der Waals surface area contributed by atoms with Gasteiger partial charge < -0.3 is 0 Å². The first-order chi connectivity index (χ1) is 15.7. The third-order valence-electron chi connectivity index (χ3n) is 7.53. The fraction of sp³-hybridized carbons (Fsp3) is 1.00. The third-order valence-corrected chi connectivity index (χ3v) is 7.53. The molecule has 194 valence electrons. The number of unbranched alkanes of at least 4 members (excludes halogenated alkanes) is 21. The summed E-state index contributed by atoms with van der Waals surface area (Å²) in [7, 11) is 0. The second kappa shape index (κ2) is 27.2. The average molecular weight is 451 g/mol. The van der Waals surface area contributed by atoms with Gasteiger partial charge in [-0.2, -0.15) is 0 Å². The number of hydrogen-bond donors (Lipinski definition) is 0. The fourth-order valence-corrected chi connectivity index (χ4v) is 5.12. The Hall–Kier alpha value is 0. The van der Waals surface area contributed by atoms with E-state index in [1.165, 1.54) is 167 Å². The minimum atomic E-state index is 0.886.